The van der Waals surface area contributed by atoms with Gasteiger partial charge in [0.1, 0.15) is 178 Å². The lowest BCUT2D eigenvalue weighted by atomic mass is 9.95. The minimum atomic E-state index is -2.28. The molecule has 0 aliphatic carbocycles. The highest BCUT2D eigenvalue weighted by molar-refractivity contribution is 5.73. The van der Waals surface area contributed by atoms with Crippen LogP contribution in [0.4, 0.5) is 0 Å². The van der Waals surface area contributed by atoms with Gasteiger partial charge in [-0.15, -0.1) is 0 Å². The molecule has 0 amide bonds. The molecule has 36 heteroatoms. The van der Waals surface area contributed by atoms with E-state index in [1.54, 1.807) is 24.3 Å². The first-order valence-corrected chi connectivity index (χ1v) is 29.7. The van der Waals surface area contributed by atoms with Gasteiger partial charge in [0.2, 0.25) is 0 Å². The van der Waals surface area contributed by atoms with Crippen LogP contribution in [-0.4, -0.2) is 369 Å². The van der Waals surface area contributed by atoms with Crippen molar-refractivity contribution in [2.75, 3.05) is 46.2 Å². The van der Waals surface area contributed by atoms with Crippen molar-refractivity contribution in [2.45, 2.75) is 221 Å². The Morgan fingerprint density at radius 3 is 0.739 bits per heavy atom. The number of esters is 1. The highest BCUT2D eigenvalue weighted by Crippen LogP contribution is 2.39. The van der Waals surface area contributed by atoms with E-state index in [1.165, 1.54) is 0 Å². The summed E-state index contributed by atoms with van der Waals surface area (Å²) in [5, 5.41) is 224. The molecule has 21 heterocycles. The first-order chi connectivity index (χ1) is 44.0. The van der Waals surface area contributed by atoms with E-state index in [-0.39, 0.29) is 6.42 Å². The Labute approximate surface area is 521 Å². The van der Waals surface area contributed by atoms with E-state index in [4.69, 9.17) is 71.1 Å². The fourth-order valence-electron chi connectivity index (χ4n) is 12.2. The maximum Gasteiger partial charge on any atom is 0.310 e. The highest BCUT2D eigenvalue weighted by atomic mass is 16.8. The highest BCUT2D eigenvalue weighted by Gasteiger charge is 2.60. The van der Waals surface area contributed by atoms with Crippen LogP contribution in [0.15, 0.2) is 54.6 Å². The molecule has 2 aromatic rings. The third-order valence-electron chi connectivity index (χ3n) is 17.4. The topological polar surface area (TPSA) is 560 Å². The molecule has 23 rings (SSSR count). The zero-order valence-electron chi connectivity index (χ0n) is 48.5. The molecule has 21 saturated heterocycles. The van der Waals surface area contributed by atoms with Gasteiger partial charge in [-0.3, -0.25) is 4.79 Å². The van der Waals surface area contributed by atoms with Crippen LogP contribution >= 0.6 is 0 Å². The van der Waals surface area contributed by atoms with Crippen molar-refractivity contribution in [3.05, 3.63) is 60.2 Å². The molecule has 520 valence electrons. The number of rotatable bonds is 11. The van der Waals surface area contributed by atoms with Crippen molar-refractivity contribution in [3.8, 4) is 11.1 Å². The molecule has 21 aliphatic rings. The van der Waals surface area contributed by atoms with Crippen molar-refractivity contribution >= 4 is 5.97 Å². The van der Waals surface area contributed by atoms with Crippen LogP contribution in [0.2, 0.25) is 0 Å². The van der Waals surface area contributed by atoms with E-state index in [1.807, 2.05) is 30.3 Å². The van der Waals surface area contributed by atoms with Gasteiger partial charge in [-0.05, 0) is 16.7 Å². The molecular weight excluding hydrogens is 1250 g/mol. The lowest BCUT2D eigenvalue weighted by molar-refractivity contribution is -0.396. The second-order valence-electron chi connectivity index (χ2n) is 23.4. The molecule has 21 aliphatic heterocycles. The Balaban J connectivity index is 0.933. The molecule has 0 radical (unpaired) electrons. The molecule has 0 unspecified atom stereocenters. The number of carbonyl (C=O) groups excluding carboxylic acids is 1. The summed E-state index contributed by atoms with van der Waals surface area (Å²) in [6.07, 6.45) is -72.1. The Bertz CT molecular complexity index is 2600. The van der Waals surface area contributed by atoms with Crippen LogP contribution in [0.3, 0.4) is 0 Å². The number of aliphatic hydroxyl groups excluding tert-OH is 20. The molecule has 0 spiro atoms. The van der Waals surface area contributed by atoms with Gasteiger partial charge in [-0.2, -0.15) is 0 Å². The van der Waals surface area contributed by atoms with Gasteiger partial charge in [-0.25, -0.2) is 0 Å². The van der Waals surface area contributed by atoms with E-state index < -0.39 is 267 Å². The summed E-state index contributed by atoms with van der Waals surface area (Å²) in [5.74, 6) is -0.882. The van der Waals surface area contributed by atoms with Crippen LogP contribution < -0.4 is 0 Å². The van der Waals surface area contributed by atoms with Crippen molar-refractivity contribution in [1.29, 1.82) is 0 Å². The summed E-state index contributed by atoms with van der Waals surface area (Å²) in [7, 11) is 0. The second-order valence-corrected chi connectivity index (χ2v) is 23.4. The maximum absolute atomic E-state index is 13.5. The van der Waals surface area contributed by atoms with Crippen molar-refractivity contribution in [2.24, 2.45) is 0 Å². The lowest BCUT2D eigenvalue weighted by Gasteiger charge is -2.50. The number of hydrogen-bond donors (Lipinski definition) is 20. The molecule has 36 nitrogen and oxygen atoms in total. The van der Waals surface area contributed by atoms with Gasteiger partial charge in [0.25, 0.3) is 0 Å². The van der Waals surface area contributed by atoms with Gasteiger partial charge >= 0.3 is 5.97 Å². The van der Waals surface area contributed by atoms with Crippen LogP contribution in [-0.2, 0) is 82.3 Å². The Kier molecular flexibility index (Phi) is 24.0. The normalized spacial score (nSPS) is 48.1. The average Bonchev–Trinajstić information content (AvgIpc) is 0.802. The Morgan fingerprint density at radius 2 is 0.500 bits per heavy atom. The second kappa shape index (κ2) is 31.0. The number of hydrogen-bond acceptors (Lipinski definition) is 36. The zero-order chi connectivity index (χ0) is 66.1. The molecule has 92 heavy (non-hydrogen) atoms. The lowest BCUT2D eigenvalue weighted by Crippen LogP contribution is -2.68. The van der Waals surface area contributed by atoms with E-state index >= 15 is 0 Å². The van der Waals surface area contributed by atoms with E-state index in [0.717, 1.165) is 11.1 Å². The van der Waals surface area contributed by atoms with Crippen LogP contribution in [0.25, 0.3) is 11.1 Å². The van der Waals surface area contributed by atoms with Gasteiger partial charge in [0.15, 0.2) is 44.0 Å². The molecule has 2 aromatic carbocycles. The minimum Gasteiger partial charge on any atom is -0.463 e. The molecular formula is C56H80O36. The SMILES string of the molecule is O=C(Cc1ccc(-c2ccccc2)cc1)OC[C@@H]1O[C@@H]2O[C@H]3[C@H](O)[C@H](O)[C@@H](O[C@H]4[C@H](O)[C@H](O)[C@@H](O[C@H]5[C@H](O)[C@H](O)[C@@H](O[C@H]6[C@H](O)[C@H](O)[C@@H](O[C@H]7[C@H](O)[C@H](O)[C@@H](O[C@H]8[C@H](O)[C@H](O)[C@@H](O[C@H]1[C@H](O)[C@@H]2O)O[C@H]8CO)O[C@H]7CO)O[C@H]6CO)O[C@H]5CO)O[C@H]4CO)O[C@H]3CO. The summed E-state index contributed by atoms with van der Waals surface area (Å²) >= 11 is 0. The fraction of sp³-hybridized carbons (Fsp3) is 0.768. The molecule has 35 atom stereocenters. The van der Waals surface area contributed by atoms with Crippen LogP contribution in [0.1, 0.15) is 5.56 Å². The maximum atomic E-state index is 13.5. The number of benzene rings is 2. The summed E-state index contributed by atoms with van der Waals surface area (Å²) < 4.78 is 86.8. The van der Waals surface area contributed by atoms with Gasteiger partial charge in [-0.1, -0.05) is 54.6 Å². The molecule has 20 N–H and O–H groups in total. The molecule has 21 fully saturated rings. The van der Waals surface area contributed by atoms with Crippen molar-refractivity contribution < 1.29 is 178 Å². The third kappa shape index (κ3) is 14.7. The van der Waals surface area contributed by atoms with Crippen molar-refractivity contribution in [1.82, 2.24) is 0 Å². The van der Waals surface area contributed by atoms with Crippen LogP contribution in [0, 0.1) is 0 Å². The first kappa shape index (κ1) is 71.3. The summed E-state index contributed by atoms with van der Waals surface area (Å²) in [4.78, 5) is 13.5. The third-order valence-corrected chi connectivity index (χ3v) is 17.4. The molecule has 14 bridgehead atoms. The quantitative estimate of drug-likeness (QED) is 0.0929. The zero-order valence-corrected chi connectivity index (χ0v) is 48.5. The smallest absolute Gasteiger partial charge is 0.310 e. The summed E-state index contributed by atoms with van der Waals surface area (Å²) in [6, 6.07) is 16.2. The van der Waals surface area contributed by atoms with E-state index in [2.05, 4.69) is 0 Å². The van der Waals surface area contributed by atoms with Gasteiger partial charge < -0.3 is 173 Å². The van der Waals surface area contributed by atoms with E-state index in [9.17, 15) is 107 Å². The Morgan fingerprint density at radius 1 is 0.283 bits per heavy atom. The average molecular weight is 1330 g/mol. The summed E-state index contributed by atoms with van der Waals surface area (Å²) in [6.45, 7) is -7.29. The Hall–Kier alpha value is -3.45. The molecule has 0 saturated carbocycles. The van der Waals surface area contributed by atoms with Crippen molar-refractivity contribution in [3.63, 3.8) is 0 Å². The first-order valence-electron chi connectivity index (χ1n) is 29.7. The minimum absolute atomic E-state index is 0.334. The summed E-state index contributed by atoms with van der Waals surface area (Å²) in [5.41, 5.74) is 2.22. The predicted octanol–water partition coefficient (Wildman–Crippen LogP) is -11.8. The monoisotopic (exact) mass is 1330 g/mol. The number of aliphatic hydroxyl groups is 20. The largest absolute Gasteiger partial charge is 0.463 e. The standard InChI is InChI=1S/C56H80O36/c57-11-21-43-30(65)37(72)51(80-21)88-45-23(13-59)82-53(39(74)32(45)67)90-47-25(15-61)84-55(41(76)34(47)69)92-49-27(17-78-28(63)10-18-6-8-20(9-7-18)19-4-2-1-3-5-19)85-56(42(77)35(49)70)91-48-26(16-62)83-54(40(75)33(48)68)89-46-24(14-60)81-52(38(73)31(46)66)87-44-22(12-58)79-50(86-43)36(71)29(44)64/h1-9,21-27,29-62,64-77H,10-17H2/t21-,22-,23-,24-,25-,26-,27-,29+,30+,31+,32+,33+,34+,35+,36-,37-,38-,39-,40-,41-,42-,43+,44+,45+,46+,47+,48+,49+,50+,51+,52+,53+,54+,55+,56+/m0/s1. The number of carbonyl (C=O) groups is 1. The number of ether oxygens (including phenoxy) is 15. The predicted molar refractivity (Wildman–Crippen MR) is 288 cm³/mol. The molecule has 0 aromatic heterocycles. The van der Waals surface area contributed by atoms with Crippen LogP contribution in [0.5, 0.6) is 0 Å². The van der Waals surface area contributed by atoms with E-state index in [0.29, 0.717) is 5.56 Å². The van der Waals surface area contributed by atoms with Gasteiger partial charge in [0, 0.05) is 0 Å². The van der Waals surface area contributed by atoms with Gasteiger partial charge in [0.05, 0.1) is 46.1 Å². The fourth-order valence-corrected chi connectivity index (χ4v) is 12.2.